The molecule has 0 spiro atoms. The van der Waals surface area contributed by atoms with Crippen LogP contribution < -0.4 is 11.3 Å². The molecule has 0 atom stereocenters. The number of alkyl halides is 2. The van der Waals surface area contributed by atoms with Crippen LogP contribution in [0.2, 0.25) is 0 Å². The molecule has 1 rings (SSSR count). The molecule has 1 heterocycles. The Morgan fingerprint density at radius 3 is 2.72 bits per heavy atom. The molecule has 18 heavy (non-hydrogen) atoms. The zero-order valence-corrected chi connectivity index (χ0v) is 9.83. The average molecular weight is 260 g/mol. The number of H-pyrrole nitrogens is 1. The molecule has 0 bridgehead atoms. The van der Waals surface area contributed by atoms with Crippen molar-refractivity contribution >= 4 is 5.97 Å². The fourth-order valence-electron chi connectivity index (χ4n) is 1.60. The number of nitrogens with one attached hydrogen (secondary N) is 1. The lowest BCUT2D eigenvalue weighted by atomic mass is 10.0. The summed E-state index contributed by atoms with van der Waals surface area (Å²) >= 11 is 0. The maximum atomic E-state index is 12.8. The van der Waals surface area contributed by atoms with Gasteiger partial charge in [-0.25, -0.2) is 8.78 Å². The van der Waals surface area contributed by atoms with Crippen molar-refractivity contribution in [3.63, 3.8) is 0 Å². The summed E-state index contributed by atoms with van der Waals surface area (Å²) in [7, 11) is 0. The van der Waals surface area contributed by atoms with Crippen LogP contribution in [-0.4, -0.2) is 17.6 Å². The number of pyridine rings is 1. The largest absolute Gasteiger partial charge is 0.466 e. The smallest absolute Gasteiger partial charge is 0.310 e. The van der Waals surface area contributed by atoms with Gasteiger partial charge in [0.1, 0.15) is 0 Å². The molecular formula is C11H14F2N2O3. The van der Waals surface area contributed by atoms with Crippen LogP contribution in [0.1, 0.15) is 30.2 Å². The first-order valence-electron chi connectivity index (χ1n) is 5.38. The molecule has 0 amide bonds. The zero-order valence-electron chi connectivity index (χ0n) is 9.83. The molecule has 0 aliphatic carbocycles. The van der Waals surface area contributed by atoms with Gasteiger partial charge in [-0.05, 0) is 18.1 Å². The maximum absolute atomic E-state index is 12.8. The Hall–Kier alpha value is -1.76. The van der Waals surface area contributed by atoms with Crippen molar-refractivity contribution < 1.29 is 18.3 Å². The van der Waals surface area contributed by atoms with E-state index in [1.807, 2.05) is 4.98 Å². The monoisotopic (exact) mass is 260 g/mol. The van der Waals surface area contributed by atoms with E-state index in [0.29, 0.717) is 0 Å². The van der Waals surface area contributed by atoms with Gasteiger partial charge in [0.15, 0.2) is 0 Å². The number of carbonyl (C=O) groups is 1. The number of nitrogens with two attached hydrogens (primary N) is 1. The van der Waals surface area contributed by atoms with Gasteiger partial charge in [-0.15, -0.1) is 0 Å². The lowest BCUT2D eigenvalue weighted by Gasteiger charge is -2.12. The Kier molecular flexibility index (Phi) is 4.96. The molecule has 0 aliphatic rings. The second-order valence-electron chi connectivity index (χ2n) is 3.54. The van der Waals surface area contributed by atoms with Crippen molar-refractivity contribution in [2.75, 3.05) is 6.61 Å². The van der Waals surface area contributed by atoms with Gasteiger partial charge < -0.3 is 15.5 Å². The number of carbonyl (C=O) groups excluding carboxylic acids is 1. The highest BCUT2D eigenvalue weighted by molar-refractivity contribution is 5.73. The predicted molar refractivity (Wildman–Crippen MR) is 60.2 cm³/mol. The zero-order chi connectivity index (χ0) is 13.7. The van der Waals surface area contributed by atoms with Gasteiger partial charge in [-0.2, -0.15) is 0 Å². The van der Waals surface area contributed by atoms with Crippen LogP contribution in [0.5, 0.6) is 0 Å². The topological polar surface area (TPSA) is 85.2 Å². The summed E-state index contributed by atoms with van der Waals surface area (Å²) < 4.78 is 30.3. The third-order valence-electron chi connectivity index (χ3n) is 2.34. The Bertz CT molecular complexity index is 486. The second-order valence-corrected chi connectivity index (χ2v) is 3.54. The third-order valence-corrected chi connectivity index (χ3v) is 2.34. The summed E-state index contributed by atoms with van der Waals surface area (Å²) in [6, 6.07) is 1.11. The van der Waals surface area contributed by atoms with Gasteiger partial charge in [0.2, 0.25) is 5.56 Å². The molecule has 0 radical (unpaired) electrons. The SMILES string of the molecule is CCOC(=O)Cc1c(CN)cc(=O)[nH]c1C(F)F. The summed E-state index contributed by atoms with van der Waals surface area (Å²) in [5, 5.41) is 0. The molecule has 0 aromatic carbocycles. The summed E-state index contributed by atoms with van der Waals surface area (Å²) in [6.07, 6.45) is -3.22. The standard InChI is InChI=1S/C11H14F2N2O3/c1-2-18-9(17)4-7-6(5-14)3-8(16)15-10(7)11(12)13/h3,11H,2,4-5,14H2,1H3,(H,15,16). The molecule has 1 aromatic heterocycles. The van der Waals surface area contributed by atoms with Crippen LogP contribution in [0, 0.1) is 0 Å². The molecule has 0 saturated heterocycles. The number of hydrogen-bond acceptors (Lipinski definition) is 4. The predicted octanol–water partition coefficient (Wildman–Crippen LogP) is 0.877. The number of rotatable bonds is 5. The van der Waals surface area contributed by atoms with Crippen molar-refractivity contribution in [3.05, 3.63) is 33.2 Å². The fraction of sp³-hybridized carbons (Fsp3) is 0.455. The Morgan fingerprint density at radius 2 is 2.22 bits per heavy atom. The number of aromatic nitrogens is 1. The van der Waals surface area contributed by atoms with Crippen molar-refractivity contribution in [3.8, 4) is 0 Å². The van der Waals surface area contributed by atoms with E-state index >= 15 is 0 Å². The minimum absolute atomic E-state index is 0.0329. The highest BCUT2D eigenvalue weighted by atomic mass is 19.3. The molecular weight excluding hydrogens is 246 g/mol. The molecule has 0 fully saturated rings. The highest BCUT2D eigenvalue weighted by Gasteiger charge is 2.20. The van der Waals surface area contributed by atoms with E-state index in [9.17, 15) is 18.4 Å². The van der Waals surface area contributed by atoms with E-state index in [-0.39, 0.29) is 30.7 Å². The Morgan fingerprint density at radius 1 is 1.56 bits per heavy atom. The lowest BCUT2D eigenvalue weighted by Crippen LogP contribution is -2.19. The molecule has 1 aromatic rings. The maximum Gasteiger partial charge on any atom is 0.310 e. The van der Waals surface area contributed by atoms with E-state index in [4.69, 9.17) is 10.5 Å². The number of aromatic amines is 1. The van der Waals surface area contributed by atoms with Crippen LogP contribution in [-0.2, 0) is 22.5 Å². The summed E-state index contributed by atoms with van der Waals surface area (Å²) in [5.41, 5.74) is 4.40. The van der Waals surface area contributed by atoms with E-state index in [1.54, 1.807) is 6.92 Å². The quantitative estimate of drug-likeness (QED) is 0.769. The normalized spacial score (nSPS) is 10.7. The van der Waals surface area contributed by atoms with Gasteiger partial charge in [0, 0.05) is 12.6 Å². The summed E-state index contributed by atoms with van der Waals surface area (Å²) in [5.74, 6) is -0.638. The minimum Gasteiger partial charge on any atom is -0.466 e. The van der Waals surface area contributed by atoms with Gasteiger partial charge in [-0.3, -0.25) is 9.59 Å². The first-order chi connectivity index (χ1) is 8.49. The second kappa shape index (κ2) is 6.25. The van der Waals surface area contributed by atoms with Gasteiger partial charge in [-0.1, -0.05) is 0 Å². The molecule has 5 nitrogen and oxygen atoms in total. The van der Waals surface area contributed by atoms with Crippen molar-refractivity contribution in [2.45, 2.75) is 26.3 Å². The van der Waals surface area contributed by atoms with Gasteiger partial charge in [0.05, 0.1) is 18.7 Å². The Labute approximate surface area is 102 Å². The van der Waals surface area contributed by atoms with Gasteiger partial charge in [0.25, 0.3) is 6.43 Å². The molecule has 0 aliphatic heterocycles. The van der Waals surface area contributed by atoms with Crippen LogP contribution in [0.15, 0.2) is 10.9 Å². The first kappa shape index (κ1) is 14.3. The van der Waals surface area contributed by atoms with Crippen molar-refractivity contribution in [1.29, 1.82) is 0 Å². The average Bonchev–Trinajstić information content (AvgIpc) is 2.30. The molecule has 7 heteroatoms. The molecule has 0 saturated carbocycles. The van der Waals surface area contributed by atoms with Crippen molar-refractivity contribution in [2.24, 2.45) is 5.73 Å². The number of halogens is 2. The summed E-state index contributed by atoms with van der Waals surface area (Å²) in [6.45, 7) is 1.67. The lowest BCUT2D eigenvalue weighted by molar-refractivity contribution is -0.142. The van der Waals surface area contributed by atoms with E-state index in [1.165, 1.54) is 0 Å². The van der Waals surface area contributed by atoms with Crippen molar-refractivity contribution in [1.82, 2.24) is 4.98 Å². The van der Waals surface area contributed by atoms with E-state index < -0.39 is 23.6 Å². The number of ether oxygens (including phenoxy) is 1. The first-order valence-corrected chi connectivity index (χ1v) is 5.38. The van der Waals surface area contributed by atoms with Crippen LogP contribution in [0.25, 0.3) is 0 Å². The number of esters is 1. The van der Waals surface area contributed by atoms with Crippen LogP contribution in [0.4, 0.5) is 8.78 Å². The fourth-order valence-corrected chi connectivity index (χ4v) is 1.60. The summed E-state index contributed by atoms with van der Waals surface area (Å²) in [4.78, 5) is 24.5. The molecule has 3 N–H and O–H groups in total. The molecule has 0 unspecified atom stereocenters. The molecule has 100 valence electrons. The minimum atomic E-state index is -2.88. The van der Waals surface area contributed by atoms with Gasteiger partial charge >= 0.3 is 5.97 Å². The Balaban J connectivity index is 3.21. The third kappa shape index (κ3) is 3.36. The number of hydrogen-bond donors (Lipinski definition) is 2. The van der Waals surface area contributed by atoms with Crippen LogP contribution in [0.3, 0.4) is 0 Å². The van der Waals surface area contributed by atoms with E-state index in [0.717, 1.165) is 6.07 Å². The van der Waals surface area contributed by atoms with E-state index in [2.05, 4.69) is 0 Å². The van der Waals surface area contributed by atoms with Crippen LogP contribution >= 0.6 is 0 Å². The highest BCUT2D eigenvalue weighted by Crippen LogP contribution is 2.22.